The summed E-state index contributed by atoms with van der Waals surface area (Å²) in [5.74, 6) is -1.35. The summed E-state index contributed by atoms with van der Waals surface area (Å²) in [6.07, 6.45) is 0.969. The fourth-order valence-electron chi connectivity index (χ4n) is 4.17. The van der Waals surface area contributed by atoms with Crippen molar-refractivity contribution in [1.29, 1.82) is 0 Å². The normalized spacial score (nSPS) is 13.0. The minimum Gasteiger partial charge on any atom is -0.506 e. The molecule has 4 aromatic rings. The van der Waals surface area contributed by atoms with Crippen molar-refractivity contribution in [3.05, 3.63) is 101 Å². The number of aliphatic hydroxyl groups is 3. The highest BCUT2D eigenvalue weighted by Crippen LogP contribution is 2.32. The van der Waals surface area contributed by atoms with Crippen LogP contribution < -0.4 is 0 Å². The van der Waals surface area contributed by atoms with Crippen molar-refractivity contribution in [3.8, 4) is 0 Å². The van der Waals surface area contributed by atoms with Gasteiger partial charge in [0.25, 0.3) is 0 Å². The molecule has 0 saturated carbocycles. The maximum absolute atomic E-state index is 14.1. The molecule has 0 amide bonds. The average Bonchev–Trinajstić information content (AvgIpc) is 3.30. The van der Waals surface area contributed by atoms with Gasteiger partial charge in [-0.25, -0.2) is 9.37 Å². The van der Waals surface area contributed by atoms with Crippen LogP contribution in [0.2, 0.25) is 0 Å². The summed E-state index contributed by atoms with van der Waals surface area (Å²) in [6, 6.07) is 17.5. The number of H-pyrrole nitrogens is 1. The number of nitrogens with zero attached hydrogens (tertiary/aromatic N) is 1. The van der Waals surface area contributed by atoms with Crippen LogP contribution in [0, 0.1) is 5.82 Å². The van der Waals surface area contributed by atoms with E-state index >= 15 is 0 Å². The van der Waals surface area contributed by atoms with Gasteiger partial charge >= 0.3 is 0 Å². The molecule has 0 radical (unpaired) electrons. The predicted octanol–water partition coefficient (Wildman–Crippen LogP) is 5.38. The molecule has 1 aromatic heterocycles. The molecule has 0 fully saturated rings. The van der Waals surface area contributed by atoms with Crippen LogP contribution in [0.25, 0.3) is 22.4 Å². The van der Waals surface area contributed by atoms with Crippen LogP contribution in [0.1, 0.15) is 58.7 Å². The highest BCUT2D eigenvalue weighted by molar-refractivity contribution is 6.33. The number of imidazole rings is 1. The first-order chi connectivity index (χ1) is 16.9. The highest BCUT2D eigenvalue weighted by Gasteiger charge is 2.27. The summed E-state index contributed by atoms with van der Waals surface area (Å²) >= 11 is 0. The van der Waals surface area contributed by atoms with Gasteiger partial charge in [-0.15, -0.1) is 0 Å². The number of Topliss-reactive ketones (excluding diaryl/α,β-unsaturated/α-hetero) is 1. The molecular weight excluding hydrogens is 447 g/mol. The van der Waals surface area contributed by atoms with Gasteiger partial charge in [-0.05, 0) is 48.2 Å². The minimum absolute atomic E-state index is 0.111. The predicted molar refractivity (Wildman–Crippen MR) is 133 cm³/mol. The highest BCUT2D eigenvalue weighted by atomic mass is 19.1. The Kier molecular flexibility index (Phi) is 7.39. The van der Waals surface area contributed by atoms with Crippen molar-refractivity contribution in [2.24, 2.45) is 0 Å². The van der Waals surface area contributed by atoms with E-state index in [4.69, 9.17) is 0 Å². The van der Waals surface area contributed by atoms with E-state index in [2.05, 4.69) is 9.97 Å². The van der Waals surface area contributed by atoms with E-state index in [1.165, 1.54) is 18.2 Å². The fraction of sp³-hybridized carbons (Fsp3) is 0.214. The largest absolute Gasteiger partial charge is 0.506 e. The maximum Gasteiger partial charge on any atom is 0.200 e. The lowest BCUT2D eigenvalue weighted by Gasteiger charge is -2.18. The Morgan fingerprint density at radius 1 is 1.09 bits per heavy atom. The molecule has 35 heavy (non-hydrogen) atoms. The number of unbranched alkanes of at least 4 members (excludes halogenated alkanes) is 1. The molecule has 0 spiro atoms. The van der Waals surface area contributed by atoms with Gasteiger partial charge in [0, 0.05) is 11.1 Å². The monoisotopic (exact) mass is 474 g/mol. The molecule has 180 valence electrons. The van der Waals surface area contributed by atoms with Gasteiger partial charge in [-0.2, -0.15) is 0 Å². The van der Waals surface area contributed by atoms with E-state index in [0.29, 0.717) is 28.6 Å². The van der Waals surface area contributed by atoms with Gasteiger partial charge in [-0.3, -0.25) is 4.79 Å². The van der Waals surface area contributed by atoms with E-state index in [1.54, 1.807) is 30.3 Å². The number of hydrogen-bond acceptors (Lipinski definition) is 5. The number of fused-ring (bicyclic) bond motifs is 1. The molecule has 7 heteroatoms. The van der Waals surface area contributed by atoms with Gasteiger partial charge in [0.2, 0.25) is 5.78 Å². The van der Waals surface area contributed by atoms with Gasteiger partial charge < -0.3 is 20.3 Å². The van der Waals surface area contributed by atoms with Crippen molar-refractivity contribution in [2.75, 3.05) is 6.61 Å². The van der Waals surface area contributed by atoms with Crippen molar-refractivity contribution >= 4 is 28.1 Å². The number of ketones is 1. The molecule has 0 aliphatic heterocycles. The van der Waals surface area contributed by atoms with Crippen LogP contribution in [-0.2, 0) is 6.42 Å². The summed E-state index contributed by atoms with van der Waals surface area (Å²) in [6.45, 7) is 1.53. The topological polar surface area (TPSA) is 106 Å². The number of para-hydroxylation sites is 2. The van der Waals surface area contributed by atoms with Crippen LogP contribution in [0.4, 0.5) is 4.39 Å². The average molecular weight is 475 g/mol. The molecule has 0 bridgehead atoms. The lowest BCUT2D eigenvalue weighted by Crippen LogP contribution is -2.14. The molecule has 0 unspecified atom stereocenters. The van der Waals surface area contributed by atoms with E-state index in [-0.39, 0.29) is 22.5 Å². The number of nitrogens with one attached hydrogen (secondary N) is 1. The summed E-state index contributed by atoms with van der Waals surface area (Å²) in [7, 11) is 0. The number of carbonyl (C=O) groups excluding carboxylic acids is 1. The van der Waals surface area contributed by atoms with E-state index in [9.17, 15) is 24.5 Å². The molecule has 0 aliphatic rings. The smallest absolute Gasteiger partial charge is 0.200 e. The first-order valence-electron chi connectivity index (χ1n) is 11.5. The van der Waals surface area contributed by atoms with Crippen LogP contribution in [0.5, 0.6) is 0 Å². The lowest BCUT2D eigenvalue weighted by atomic mass is 9.88. The third-order valence-electron chi connectivity index (χ3n) is 5.96. The first kappa shape index (κ1) is 24.3. The Morgan fingerprint density at radius 2 is 1.86 bits per heavy atom. The lowest BCUT2D eigenvalue weighted by molar-refractivity contribution is 0.0945. The first-order valence-corrected chi connectivity index (χ1v) is 11.5. The standard InChI is InChI=1S/C28H27FN2O4/c1-2-3-10-19-20(24(33)16-32)11-7-12-21(19)27(35)25(26(34)17-8-6-9-18(29)15-17)28-30-22-13-4-5-14-23(22)31-28/h4-9,11-15,24,32-34H,2-3,10,16H2,1H3,(H,30,31)/b26-25-/t24-/m0/s1. The quantitative estimate of drug-likeness (QED) is 0.148. The van der Waals surface area contributed by atoms with E-state index in [0.717, 1.165) is 18.9 Å². The molecule has 1 atom stereocenters. The fourth-order valence-corrected chi connectivity index (χ4v) is 4.17. The number of halogens is 1. The Balaban J connectivity index is 1.95. The summed E-state index contributed by atoms with van der Waals surface area (Å²) < 4.78 is 14.0. The van der Waals surface area contributed by atoms with E-state index < -0.39 is 30.1 Å². The van der Waals surface area contributed by atoms with Gasteiger partial charge in [0.15, 0.2) is 0 Å². The number of rotatable bonds is 9. The Labute approximate surface area is 202 Å². The second-order valence-electron chi connectivity index (χ2n) is 8.34. The molecule has 0 saturated heterocycles. The van der Waals surface area contributed by atoms with Crippen LogP contribution in [0.15, 0.2) is 66.7 Å². The van der Waals surface area contributed by atoms with Crippen LogP contribution in [-0.4, -0.2) is 37.7 Å². The Hall–Kier alpha value is -3.81. The number of carbonyl (C=O) groups is 1. The second kappa shape index (κ2) is 10.6. The molecule has 4 N–H and O–H groups in total. The number of allylic oxidation sites excluding steroid dienone is 1. The van der Waals surface area contributed by atoms with Crippen molar-refractivity contribution < 1.29 is 24.5 Å². The zero-order valence-corrected chi connectivity index (χ0v) is 19.3. The zero-order chi connectivity index (χ0) is 24.9. The third-order valence-corrected chi connectivity index (χ3v) is 5.96. The van der Waals surface area contributed by atoms with E-state index in [1.807, 2.05) is 19.1 Å². The minimum atomic E-state index is -1.15. The van der Waals surface area contributed by atoms with Crippen molar-refractivity contribution in [2.45, 2.75) is 32.3 Å². The molecule has 0 aliphatic carbocycles. The maximum atomic E-state index is 14.1. The third kappa shape index (κ3) is 5.01. The van der Waals surface area contributed by atoms with Crippen molar-refractivity contribution in [3.63, 3.8) is 0 Å². The SMILES string of the molecule is CCCCc1c(C(=O)/C(=C(/O)c2cccc(F)c2)c2nc3ccccc3[nH]2)cccc1[C@@H](O)CO. The van der Waals surface area contributed by atoms with Gasteiger partial charge in [-0.1, -0.05) is 55.8 Å². The molecular formula is C28H27FN2O4. The summed E-state index contributed by atoms with van der Waals surface area (Å²) in [4.78, 5) is 21.7. The number of hydrogen-bond donors (Lipinski definition) is 4. The molecule has 3 aromatic carbocycles. The molecule has 1 heterocycles. The van der Waals surface area contributed by atoms with Gasteiger partial charge in [0.1, 0.15) is 29.1 Å². The number of aliphatic hydroxyl groups excluding tert-OH is 3. The Morgan fingerprint density at radius 3 is 2.57 bits per heavy atom. The number of aromatic amines is 1. The molecule has 6 nitrogen and oxygen atoms in total. The van der Waals surface area contributed by atoms with Crippen LogP contribution >= 0.6 is 0 Å². The second-order valence-corrected chi connectivity index (χ2v) is 8.34. The Bertz CT molecular complexity index is 1360. The van der Waals surface area contributed by atoms with Gasteiger partial charge in [0.05, 0.1) is 17.6 Å². The number of aromatic nitrogens is 2. The zero-order valence-electron chi connectivity index (χ0n) is 19.3. The van der Waals surface area contributed by atoms with Crippen LogP contribution in [0.3, 0.4) is 0 Å². The molecule has 4 rings (SSSR count). The number of benzene rings is 3. The summed E-state index contributed by atoms with van der Waals surface area (Å²) in [5.41, 5.74) is 2.64. The summed E-state index contributed by atoms with van der Waals surface area (Å²) in [5, 5.41) is 31.2. The van der Waals surface area contributed by atoms with Crippen molar-refractivity contribution in [1.82, 2.24) is 9.97 Å².